The van der Waals surface area contributed by atoms with E-state index in [2.05, 4.69) is 28.8 Å². The Morgan fingerprint density at radius 2 is 1.88 bits per heavy atom. The zero-order valence-electron chi connectivity index (χ0n) is 20.0. The first-order valence-electron chi connectivity index (χ1n) is 11.7. The van der Waals surface area contributed by atoms with E-state index in [1.807, 2.05) is 38.1 Å². The number of nitrogens with one attached hydrogen (secondary N) is 2. The Kier molecular flexibility index (Phi) is 7.08. The van der Waals surface area contributed by atoms with Crippen molar-refractivity contribution in [3.05, 3.63) is 88.0 Å². The van der Waals surface area contributed by atoms with Gasteiger partial charge in [0.15, 0.2) is 0 Å². The summed E-state index contributed by atoms with van der Waals surface area (Å²) in [6.45, 7) is 4.61. The zero-order chi connectivity index (χ0) is 24.2. The second kappa shape index (κ2) is 10.2. The molecule has 0 aromatic heterocycles. The minimum atomic E-state index is -0.678. The molecule has 0 saturated carbocycles. The highest BCUT2D eigenvalue weighted by molar-refractivity contribution is 5.83. The molecule has 1 heterocycles. The average Bonchev–Trinajstić information content (AvgIpc) is 2.81. The van der Waals surface area contributed by atoms with Crippen LogP contribution in [0.5, 0.6) is 11.5 Å². The number of anilines is 1. The molecule has 2 atom stereocenters. The lowest BCUT2D eigenvalue weighted by Gasteiger charge is -2.30. The number of nitrogens with two attached hydrogens (primary N) is 1. The predicted molar refractivity (Wildman–Crippen MR) is 135 cm³/mol. The number of ether oxygens (including phenoxy) is 1. The fraction of sp³-hybridized carbons (Fsp3) is 0.321. The summed E-state index contributed by atoms with van der Waals surface area (Å²) >= 11 is 0. The summed E-state index contributed by atoms with van der Waals surface area (Å²) in [5, 5.41) is 16.4. The summed E-state index contributed by atoms with van der Waals surface area (Å²) in [6.07, 6.45) is 1.94. The fourth-order valence-corrected chi connectivity index (χ4v) is 4.77. The monoisotopic (exact) mass is 459 g/mol. The van der Waals surface area contributed by atoms with Gasteiger partial charge in [-0.15, -0.1) is 0 Å². The first kappa shape index (κ1) is 23.6. The van der Waals surface area contributed by atoms with E-state index in [-0.39, 0.29) is 17.7 Å². The van der Waals surface area contributed by atoms with Crippen LogP contribution in [-0.2, 0) is 17.6 Å². The Morgan fingerprint density at radius 1 is 1.18 bits per heavy atom. The molecule has 1 amide bonds. The average molecular weight is 460 g/mol. The van der Waals surface area contributed by atoms with Gasteiger partial charge < -0.3 is 26.2 Å². The van der Waals surface area contributed by atoms with Crippen molar-refractivity contribution in [2.75, 3.05) is 19.0 Å². The molecule has 4 rings (SSSR count). The number of phenols is 1. The standard InChI is InChI=1S/C28H33N3O3/c1-17-11-21(32)12-18(2)22(17)15-24(29)28(33)31-25-9-10-30-26-16-27(34-3)20(14-23(25)26)13-19-7-5-4-6-8-19/h4-8,11-12,14,16,24-25,30,32H,9-10,13,15,29H2,1-3H3,(H,31,33). The predicted octanol–water partition coefficient (Wildman–Crippen LogP) is 4.15. The Hall–Kier alpha value is -3.51. The van der Waals surface area contributed by atoms with E-state index in [1.54, 1.807) is 19.2 Å². The van der Waals surface area contributed by atoms with Crippen molar-refractivity contribution in [2.45, 2.75) is 45.2 Å². The number of carbonyl (C=O) groups excluding carboxylic acids is 1. The van der Waals surface area contributed by atoms with E-state index in [0.717, 1.165) is 58.6 Å². The third kappa shape index (κ3) is 5.18. The van der Waals surface area contributed by atoms with E-state index >= 15 is 0 Å². The molecule has 0 bridgehead atoms. The summed E-state index contributed by atoms with van der Waals surface area (Å²) in [5.74, 6) is 0.882. The van der Waals surface area contributed by atoms with Gasteiger partial charge in [-0.25, -0.2) is 0 Å². The number of amides is 1. The van der Waals surface area contributed by atoms with Gasteiger partial charge in [0.1, 0.15) is 11.5 Å². The largest absolute Gasteiger partial charge is 0.508 e. The van der Waals surface area contributed by atoms with Gasteiger partial charge in [0.2, 0.25) is 5.91 Å². The molecule has 1 aliphatic heterocycles. The fourth-order valence-electron chi connectivity index (χ4n) is 4.77. The maximum atomic E-state index is 13.1. The van der Waals surface area contributed by atoms with Crippen LogP contribution >= 0.6 is 0 Å². The highest BCUT2D eigenvalue weighted by Crippen LogP contribution is 2.36. The van der Waals surface area contributed by atoms with Crippen molar-refractivity contribution >= 4 is 11.6 Å². The van der Waals surface area contributed by atoms with Crippen molar-refractivity contribution in [2.24, 2.45) is 5.73 Å². The normalized spacial score (nSPS) is 15.7. The van der Waals surface area contributed by atoms with Crippen molar-refractivity contribution < 1.29 is 14.6 Å². The number of phenolic OH excluding ortho intramolecular Hbond substituents is 1. The molecule has 2 unspecified atom stereocenters. The van der Waals surface area contributed by atoms with Crippen LogP contribution in [0.15, 0.2) is 54.6 Å². The third-order valence-corrected chi connectivity index (χ3v) is 6.57. The molecule has 0 radical (unpaired) electrons. The van der Waals surface area contributed by atoms with Gasteiger partial charge in [0.25, 0.3) is 0 Å². The molecular weight excluding hydrogens is 426 g/mol. The molecule has 3 aromatic rings. The number of fused-ring (bicyclic) bond motifs is 1. The van der Waals surface area contributed by atoms with Crippen molar-refractivity contribution in [1.82, 2.24) is 5.32 Å². The van der Waals surface area contributed by atoms with E-state index in [9.17, 15) is 9.90 Å². The first-order chi connectivity index (χ1) is 16.4. The minimum absolute atomic E-state index is 0.128. The quantitative estimate of drug-likeness (QED) is 0.426. The summed E-state index contributed by atoms with van der Waals surface area (Å²) in [7, 11) is 1.69. The van der Waals surface area contributed by atoms with Gasteiger partial charge in [-0.2, -0.15) is 0 Å². The second-order valence-corrected chi connectivity index (χ2v) is 9.06. The SMILES string of the molecule is COc1cc2c(cc1Cc1ccccc1)C(NC(=O)C(N)Cc1c(C)cc(O)cc1C)CCN2. The van der Waals surface area contributed by atoms with Crippen molar-refractivity contribution in [1.29, 1.82) is 0 Å². The van der Waals surface area contributed by atoms with Crippen LogP contribution in [0.3, 0.4) is 0 Å². The van der Waals surface area contributed by atoms with Crippen molar-refractivity contribution in [3.63, 3.8) is 0 Å². The van der Waals surface area contributed by atoms with Gasteiger partial charge in [-0.05, 0) is 78.3 Å². The van der Waals surface area contributed by atoms with E-state index in [4.69, 9.17) is 10.5 Å². The Bertz CT molecular complexity index is 1150. The highest BCUT2D eigenvalue weighted by Gasteiger charge is 2.26. The summed E-state index contributed by atoms with van der Waals surface area (Å²) in [4.78, 5) is 13.1. The smallest absolute Gasteiger partial charge is 0.237 e. The molecule has 178 valence electrons. The first-order valence-corrected chi connectivity index (χ1v) is 11.7. The van der Waals surface area contributed by atoms with Crippen LogP contribution in [-0.4, -0.2) is 30.7 Å². The maximum Gasteiger partial charge on any atom is 0.237 e. The zero-order valence-corrected chi connectivity index (χ0v) is 20.0. The van der Waals surface area contributed by atoms with Crippen LogP contribution in [0.4, 0.5) is 5.69 Å². The van der Waals surface area contributed by atoms with Gasteiger partial charge in [-0.1, -0.05) is 30.3 Å². The number of rotatable bonds is 7. The van der Waals surface area contributed by atoms with Crippen LogP contribution in [0, 0.1) is 13.8 Å². The molecule has 0 spiro atoms. The van der Waals surface area contributed by atoms with Gasteiger partial charge >= 0.3 is 0 Å². The molecular formula is C28H33N3O3. The summed E-state index contributed by atoms with van der Waals surface area (Å²) < 4.78 is 5.67. The summed E-state index contributed by atoms with van der Waals surface area (Å²) in [6, 6.07) is 17.0. The van der Waals surface area contributed by atoms with E-state index < -0.39 is 6.04 Å². The molecule has 34 heavy (non-hydrogen) atoms. The number of methoxy groups -OCH3 is 1. The molecule has 5 N–H and O–H groups in total. The number of aromatic hydroxyl groups is 1. The van der Waals surface area contributed by atoms with E-state index in [1.165, 1.54) is 5.56 Å². The topological polar surface area (TPSA) is 96.6 Å². The summed E-state index contributed by atoms with van der Waals surface area (Å²) in [5.41, 5.74) is 13.5. The Morgan fingerprint density at radius 3 is 2.56 bits per heavy atom. The molecule has 6 nitrogen and oxygen atoms in total. The molecule has 0 aliphatic carbocycles. The molecule has 1 aliphatic rings. The number of hydrogen-bond donors (Lipinski definition) is 4. The molecule has 0 fully saturated rings. The van der Waals surface area contributed by atoms with Gasteiger partial charge in [-0.3, -0.25) is 4.79 Å². The maximum absolute atomic E-state index is 13.1. The lowest BCUT2D eigenvalue weighted by Crippen LogP contribution is -2.44. The van der Waals surface area contributed by atoms with Gasteiger partial charge in [0.05, 0.1) is 19.2 Å². The lowest BCUT2D eigenvalue weighted by atomic mass is 9.92. The Labute approximate surface area is 201 Å². The van der Waals surface area contributed by atoms with Crippen LogP contribution in [0.25, 0.3) is 0 Å². The minimum Gasteiger partial charge on any atom is -0.508 e. The van der Waals surface area contributed by atoms with Crippen LogP contribution < -0.4 is 21.1 Å². The molecule has 0 saturated heterocycles. The Balaban J connectivity index is 1.54. The number of carbonyl (C=O) groups is 1. The number of aryl methyl sites for hydroxylation is 2. The van der Waals surface area contributed by atoms with E-state index in [0.29, 0.717) is 6.42 Å². The number of benzene rings is 3. The highest BCUT2D eigenvalue weighted by atomic mass is 16.5. The second-order valence-electron chi connectivity index (χ2n) is 9.06. The molecule has 3 aromatic carbocycles. The van der Waals surface area contributed by atoms with Crippen LogP contribution in [0.2, 0.25) is 0 Å². The molecule has 6 heteroatoms. The van der Waals surface area contributed by atoms with Crippen LogP contribution in [0.1, 0.15) is 45.8 Å². The third-order valence-electron chi connectivity index (χ3n) is 6.57. The number of hydrogen-bond acceptors (Lipinski definition) is 5. The van der Waals surface area contributed by atoms with Crippen molar-refractivity contribution in [3.8, 4) is 11.5 Å². The van der Waals surface area contributed by atoms with Gasteiger partial charge in [0, 0.05) is 24.7 Å². The lowest BCUT2D eigenvalue weighted by molar-refractivity contribution is -0.123.